The summed E-state index contributed by atoms with van der Waals surface area (Å²) in [7, 11) is 0. The molecule has 0 bridgehead atoms. The average Bonchev–Trinajstić information content (AvgIpc) is 3.17. The second kappa shape index (κ2) is 11.6. The number of piperidine rings is 1. The lowest BCUT2D eigenvalue weighted by atomic mass is 9.86. The molecule has 1 saturated heterocycles. The molecule has 0 spiro atoms. The molecule has 0 radical (unpaired) electrons. The fourth-order valence-corrected chi connectivity index (χ4v) is 4.06. The van der Waals surface area contributed by atoms with Gasteiger partial charge in [-0.3, -0.25) is 9.89 Å². The lowest BCUT2D eigenvalue weighted by Crippen LogP contribution is -2.36. The summed E-state index contributed by atoms with van der Waals surface area (Å²) in [4.78, 5) is 12.7. The summed E-state index contributed by atoms with van der Waals surface area (Å²) in [5.41, 5.74) is 2.07. The number of H-pyrrole nitrogens is 1. The molecule has 1 aromatic carbocycles. The van der Waals surface area contributed by atoms with Crippen LogP contribution in [0, 0.1) is 18.6 Å². The molecule has 1 fully saturated rings. The monoisotopic (exact) mass is 474 g/mol. The third kappa shape index (κ3) is 6.52. The van der Waals surface area contributed by atoms with Crippen molar-refractivity contribution in [2.75, 3.05) is 19.6 Å². The Hall–Kier alpha value is -2.49. The number of nitrogens with one attached hydrogen (secondary N) is 2. The van der Waals surface area contributed by atoms with Crippen LogP contribution in [0.25, 0.3) is 0 Å². The van der Waals surface area contributed by atoms with Gasteiger partial charge < -0.3 is 10.2 Å². The molecule has 0 atom stereocenters. The number of hydrogen-bond donors (Lipinski definition) is 2. The van der Waals surface area contributed by atoms with E-state index in [-0.39, 0.29) is 11.5 Å². The topological polar surface area (TPSA) is 61.0 Å². The van der Waals surface area contributed by atoms with Crippen molar-refractivity contribution in [1.29, 1.82) is 0 Å². The van der Waals surface area contributed by atoms with Crippen molar-refractivity contribution in [3.63, 3.8) is 0 Å². The van der Waals surface area contributed by atoms with E-state index >= 15 is 0 Å². The minimum absolute atomic E-state index is 0.144. The summed E-state index contributed by atoms with van der Waals surface area (Å²) >= 11 is 0. The van der Waals surface area contributed by atoms with Gasteiger partial charge in [0.15, 0.2) is 11.6 Å². The van der Waals surface area contributed by atoms with Crippen molar-refractivity contribution < 1.29 is 26.7 Å². The van der Waals surface area contributed by atoms with Gasteiger partial charge in [-0.25, -0.2) is 8.78 Å². The molecule has 0 aliphatic carbocycles. The molecule has 5 nitrogen and oxygen atoms in total. The Morgan fingerprint density at radius 3 is 2.33 bits per heavy atom. The first kappa shape index (κ1) is 26.8. The number of nitrogens with zero attached hydrogens (tertiary/aromatic N) is 2. The number of rotatable bonds is 1. The molecule has 4 rings (SSSR count). The van der Waals surface area contributed by atoms with Crippen LogP contribution in [0.3, 0.4) is 0 Å². The summed E-state index contributed by atoms with van der Waals surface area (Å²) in [5, 5.41) is 10.5. The highest BCUT2D eigenvalue weighted by atomic mass is 19.4. The van der Waals surface area contributed by atoms with E-state index in [4.69, 9.17) is 0 Å². The van der Waals surface area contributed by atoms with Crippen molar-refractivity contribution in [2.24, 2.45) is 0 Å². The lowest BCUT2D eigenvalue weighted by molar-refractivity contribution is -0.141. The molecule has 2 aliphatic rings. The van der Waals surface area contributed by atoms with Crippen LogP contribution in [0.4, 0.5) is 22.0 Å². The molecule has 0 unspecified atom stereocenters. The number of fused-ring (bicyclic) bond motifs is 1. The molecule has 1 aromatic heterocycles. The molecule has 2 aliphatic heterocycles. The highest BCUT2D eigenvalue weighted by molar-refractivity contribution is 5.73. The lowest BCUT2D eigenvalue weighted by Gasteiger charge is -2.32. The maximum Gasteiger partial charge on any atom is 0.419 e. The predicted octanol–water partition coefficient (Wildman–Crippen LogP) is 5.10. The third-order valence-electron chi connectivity index (χ3n) is 5.79. The van der Waals surface area contributed by atoms with Crippen LogP contribution in [0.15, 0.2) is 12.1 Å². The summed E-state index contributed by atoms with van der Waals surface area (Å²) in [6.45, 7) is 10.1. The van der Waals surface area contributed by atoms with Gasteiger partial charge in [0, 0.05) is 50.8 Å². The molecule has 10 heteroatoms. The van der Waals surface area contributed by atoms with E-state index in [0.717, 1.165) is 31.6 Å². The molecule has 0 saturated carbocycles. The van der Waals surface area contributed by atoms with Crippen molar-refractivity contribution in [3.8, 4) is 0 Å². The smallest absolute Gasteiger partial charge is 0.343 e. The van der Waals surface area contributed by atoms with Gasteiger partial charge in [0.2, 0.25) is 5.91 Å². The quantitative estimate of drug-likeness (QED) is 0.566. The fourth-order valence-electron chi connectivity index (χ4n) is 4.06. The Balaban J connectivity index is 0.000000266. The number of alkyl halides is 3. The Labute approximate surface area is 190 Å². The fraction of sp³-hybridized carbons (Fsp3) is 0.565. The predicted molar refractivity (Wildman–Crippen MR) is 116 cm³/mol. The number of amides is 1. The zero-order chi connectivity index (χ0) is 24.8. The molecule has 1 amide bonds. The van der Waals surface area contributed by atoms with E-state index in [1.807, 2.05) is 13.8 Å². The summed E-state index contributed by atoms with van der Waals surface area (Å²) < 4.78 is 65.6. The van der Waals surface area contributed by atoms with Gasteiger partial charge in [0.25, 0.3) is 0 Å². The number of benzene rings is 1. The summed E-state index contributed by atoms with van der Waals surface area (Å²) in [5.74, 6) is -4.04. The first-order valence-corrected chi connectivity index (χ1v) is 11.1. The van der Waals surface area contributed by atoms with Crippen molar-refractivity contribution in [1.82, 2.24) is 20.4 Å². The second-order valence-electron chi connectivity index (χ2n) is 7.80. The standard InChI is InChI=1S/C14H14F5NO.C7H11N3.C2H6/c1-8(21)20-6-4-9(5-7-20)10-2-3-11(15)13(16)12(10)14(17,18)19;1-5-6-4-8-3-2-7(6)10-9-5;1-2/h2-3,9H,4-7H2,1H3;8H,2-4H2,1H3,(H,9,10);1-2H3. The second-order valence-corrected chi connectivity index (χ2v) is 7.80. The van der Waals surface area contributed by atoms with Crippen LogP contribution < -0.4 is 5.32 Å². The van der Waals surface area contributed by atoms with E-state index in [1.54, 1.807) is 0 Å². The molecule has 33 heavy (non-hydrogen) atoms. The van der Waals surface area contributed by atoms with Gasteiger partial charge in [0.1, 0.15) is 0 Å². The maximum atomic E-state index is 13.6. The Bertz CT molecular complexity index is 934. The number of halogens is 5. The van der Waals surface area contributed by atoms with E-state index < -0.39 is 29.3 Å². The number of hydrogen-bond acceptors (Lipinski definition) is 3. The van der Waals surface area contributed by atoms with Gasteiger partial charge >= 0.3 is 6.18 Å². The third-order valence-corrected chi connectivity index (χ3v) is 5.79. The van der Waals surface area contributed by atoms with Crippen LogP contribution in [0.5, 0.6) is 0 Å². The number of aromatic amines is 1. The minimum atomic E-state index is -4.95. The number of carbonyl (C=O) groups is 1. The first-order valence-electron chi connectivity index (χ1n) is 11.1. The maximum absolute atomic E-state index is 13.6. The van der Waals surface area contributed by atoms with Gasteiger partial charge in [-0.15, -0.1) is 0 Å². The normalized spacial score (nSPS) is 16.2. The van der Waals surface area contributed by atoms with Gasteiger partial charge in [0.05, 0.1) is 11.3 Å². The van der Waals surface area contributed by atoms with Gasteiger partial charge in [-0.2, -0.15) is 18.3 Å². The molecular weight excluding hydrogens is 443 g/mol. The van der Waals surface area contributed by atoms with E-state index in [1.165, 1.54) is 28.8 Å². The van der Waals surface area contributed by atoms with Gasteiger partial charge in [-0.05, 0) is 37.3 Å². The van der Waals surface area contributed by atoms with Gasteiger partial charge in [-0.1, -0.05) is 19.9 Å². The molecule has 2 N–H and O–H groups in total. The largest absolute Gasteiger partial charge is 0.419 e. The Morgan fingerprint density at radius 2 is 1.79 bits per heavy atom. The van der Waals surface area contributed by atoms with Crippen molar-refractivity contribution in [3.05, 3.63) is 51.8 Å². The summed E-state index contributed by atoms with van der Waals surface area (Å²) in [6.07, 6.45) is -3.28. The Kier molecular flexibility index (Phi) is 9.39. The molecule has 2 aromatic rings. The highest BCUT2D eigenvalue weighted by Gasteiger charge is 2.40. The first-order chi connectivity index (χ1) is 15.6. The molecule has 3 heterocycles. The number of aromatic nitrogens is 2. The Morgan fingerprint density at radius 1 is 1.15 bits per heavy atom. The number of carbonyl (C=O) groups excluding carboxylic acids is 1. The molecule has 184 valence electrons. The summed E-state index contributed by atoms with van der Waals surface area (Å²) in [6, 6.07) is 1.71. The SMILES string of the molecule is CC.CC(=O)N1CCC(c2ccc(F)c(F)c2C(F)(F)F)CC1.Cc1[nH]nc2c1CNCC2. The average molecular weight is 475 g/mol. The van der Waals surface area contributed by atoms with E-state index in [0.29, 0.717) is 25.9 Å². The van der Waals surface area contributed by atoms with Crippen LogP contribution >= 0.6 is 0 Å². The number of aryl methyl sites for hydroxylation is 1. The highest BCUT2D eigenvalue weighted by Crippen LogP contribution is 2.40. The zero-order valence-corrected chi connectivity index (χ0v) is 19.4. The van der Waals surface area contributed by atoms with Crippen molar-refractivity contribution in [2.45, 2.75) is 65.6 Å². The van der Waals surface area contributed by atoms with Crippen molar-refractivity contribution >= 4 is 5.91 Å². The van der Waals surface area contributed by atoms with Crippen LogP contribution in [0.2, 0.25) is 0 Å². The number of likely N-dealkylation sites (tertiary alicyclic amines) is 1. The van der Waals surface area contributed by atoms with Crippen LogP contribution in [0.1, 0.15) is 67.6 Å². The van der Waals surface area contributed by atoms with E-state index in [9.17, 15) is 26.7 Å². The molecular formula is C23H31F5N4O. The minimum Gasteiger partial charge on any atom is -0.343 e. The zero-order valence-electron chi connectivity index (χ0n) is 19.4. The van der Waals surface area contributed by atoms with Crippen LogP contribution in [-0.2, 0) is 23.9 Å². The van der Waals surface area contributed by atoms with Crippen LogP contribution in [-0.4, -0.2) is 40.6 Å². The van der Waals surface area contributed by atoms with E-state index in [2.05, 4.69) is 22.4 Å².